The first-order valence-corrected chi connectivity index (χ1v) is 6.94. The Hall–Kier alpha value is -2.27. The summed E-state index contributed by atoms with van der Waals surface area (Å²) in [5.41, 5.74) is 9.09. The summed E-state index contributed by atoms with van der Waals surface area (Å²) < 4.78 is 6.73. The number of para-hydroxylation sites is 1. The molecule has 2 aromatic heterocycles. The van der Waals surface area contributed by atoms with Crippen LogP contribution in [0.15, 0.2) is 51.4 Å². The molecule has 0 fully saturated rings. The SMILES string of the molecule is Nc1cc(Br)cc2[nH]c(-c3cc4ccccc4o3)nc12. The quantitative estimate of drug-likeness (QED) is 0.511. The summed E-state index contributed by atoms with van der Waals surface area (Å²) in [7, 11) is 0. The Balaban J connectivity index is 1.95. The minimum atomic E-state index is 0.632. The number of rotatable bonds is 1. The van der Waals surface area contributed by atoms with Crippen LogP contribution in [0.3, 0.4) is 0 Å². The molecule has 0 aliphatic heterocycles. The van der Waals surface area contributed by atoms with Crippen LogP contribution in [0.1, 0.15) is 0 Å². The van der Waals surface area contributed by atoms with Gasteiger partial charge in [-0.25, -0.2) is 4.98 Å². The molecule has 0 unspecified atom stereocenters. The number of H-pyrrole nitrogens is 1. The summed E-state index contributed by atoms with van der Waals surface area (Å²) in [5, 5.41) is 1.05. The molecule has 98 valence electrons. The van der Waals surface area contributed by atoms with Crippen molar-refractivity contribution >= 4 is 43.6 Å². The van der Waals surface area contributed by atoms with Gasteiger partial charge < -0.3 is 15.1 Å². The number of aromatic nitrogens is 2. The van der Waals surface area contributed by atoms with Gasteiger partial charge >= 0.3 is 0 Å². The maximum Gasteiger partial charge on any atom is 0.174 e. The van der Waals surface area contributed by atoms with Gasteiger partial charge in [-0.15, -0.1) is 0 Å². The fraction of sp³-hybridized carbons (Fsp3) is 0. The smallest absolute Gasteiger partial charge is 0.174 e. The zero-order chi connectivity index (χ0) is 13.7. The van der Waals surface area contributed by atoms with Crippen molar-refractivity contribution in [3.63, 3.8) is 0 Å². The summed E-state index contributed by atoms with van der Waals surface area (Å²) >= 11 is 3.43. The van der Waals surface area contributed by atoms with E-state index in [0.717, 1.165) is 26.5 Å². The van der Waals surface area contributed by atoms with Gasteiger partial charge in [-0.2, -0.15) is 0 Å². The largest absolute Gasteiger partial charge is 0.453 e. The van der Waals surface area contributed by atoms with Gasteiger partial charge in [0.25, 0.3) is 0 Å². The van der Waals surface area contributed by atoms with E-state index in [1.54, 1.807) is 0 Å². The van der Waals surface area contributed by atoms with E-state index in [2.05, 4.69) is 25.9 Å². The van der Waals surface area contributed by atoms with Gasteiger partial charge in [0.15, 0.2) is 11.6 Å². The number of anilines is 1. The van der Waals surface area contributed by atoms with Gasteiger partial charge in [-0.3, -0.25) is 0 Å². The van der Waals surface area contributed by atoms with Gasteiger partial charge in [-0.1, -0.05) is 34.1 Å². The van der Waals surface area contributed by atoms with Crippen LogP contribution in [0.5, 0.6) is 0 Å². The standard InChI is InChI=1S/C15H10BrN3O/c16-9-6-10(17)14-11(7-9)18-15(19-14)13-5-8-3-1-2-4-12(8)20-13/h1-7H,17H2,(H,18,19). The lowest BCUT2D eigenvalue weighted by Gasteiger charge is -1.94. The molecule has 0 aliphatic rings. The number of hydrogen-bond donors (Lipinski definition) is 2. The van der Waals surface area contributed by atoms with E-state index < -0.39 is 0 Å². The van der Waals surface area contributed by atoms with Gasteiger partial charge in [-0.05, 0) is 24.3 Å². The average molecular weight is 328 g/mol. The van der Waals surface area contributed by atoms with Crippen molar-refractivity contribution in [1.82, 2.24) is 9.97 Å². The maximum atomic E-state index is 5.98. The summed E-state index contributed by atoms with van der Waals surface area (Å²) in [5.74, 6) is 1.39. The van der Waals surface area contributed by atoms with Crippen LogP contribution in [0, 0.1) is 0 Å². The van der Waals surface area contributed by atoms with Gasteiger partial charge in [0.1, 0.15) is 11.1 Å². The summed E-state index contributed by atoms with van der Waals surface area (Å²) in [4.78, 5) is 7.76. The molecule has 3 N–H and O–H groups in total. The molecule has 2 aromatic carbocycles. The molecule has 0 saturated carbocycles. The maximum absolute atomic E-state index is 5.98. The first-order chi connectivity index (χ1) is 9.70. The molecule has 0 saturated heterocycles. The lowest BCUT2D eigenvalue weighted by molar-refractivity contribution is 0.627. The summed E-state index contributed by atoms with van der Waals surface area (Å²) in [6, 6.07) is 13.6. The zero-order valence-corrected chi connectivity index (χ0v) is 11.9. The third kappa shape index (κ3) is 1.71. The Kier molecular flexibility index (Phi) is 2.37. The van der Waals surface area contributed by atoms with E-state index in [9.17, 15) is 0 Å². The fourth-order valence-electron chi connectivity index (χ4n) is 2.32. The van der Waals surface area contributed by atoms with Crippen molar-refractivity contribution in [2.75, 3.05) is 5.73 Å². The van der Waals surface area contributed by atoms with Gasteiger partial charge in [0.05, 0.1) is 11.2 Å². The number of nitrogens with one attached hydrogen (secondary N) is 1. The number of hydrogen-bond acceptors (Lipinski definition) is 3. The minimum absolute atomic E-state index is 0.632. The predicted molar refractivity (Wildman–Crippen MR) is 83.4 cm³/mol. The molecule has 2 heterocycles. The Bertz CT molecular complexity index is 906. The van der Waals surface area contributed by atoms with Crippen LogP contribution in [-0.2, 0) is 0 Å². The number of halogens is 1. The third-order valence-corrected chi connectivity index (χ3v) is 3.70. The summed E-state index contributed by atoms with van der Waals surface area (Å²) in [6.45, 7) is 0. The van der Waals surface area contributed by atoms with Crippen molar-refractivity contribution < 1.29 is 4.42 Å². The molecule has 0 atom stereocenters. The van der Waals surface area contributed by atoms with Crippen molar-refractivity contribution in [2.24, 2.45) is 0 Å². The second kappa shape index (κ2) is 4.11. The molecule has 0 spiro atoms. The van der Waals surface area contributed by atoms with Crippen LogP contribution < -0.4 is 5.73 Å². The highest BCUT2D eigenvalue weighted by molar-refractivity contribution is 9.10. The molecular weight excluding hydrogens is 318 g/mol. The van der Waals surface area contributed by atoms with E-state index in [4.69, 9.17) is 10.2 Å². The van der Waals surface area contributed by atoms with Crippen molar-refractivity contribution in [1.29, 1.82) is 0 Å². The third-order valence-electron chi connectivity index (χ3n) is 3.24. The number of nitrogens with zero attached hydrogens (tertiary/aromatic N) is 1. The molecule has 0 radical (unpaired) electrons. The highest BCUT2D eigenvalue weighted by Crippen LogP contribution is 2.30. The number of furan rings is 1. The average Bonchev–Trinajstić information content (AvgIpc) is 3.01. The Morgan fingerprint density at radius 1 is 1.15 bits per heavy atom. The molecular formula is C15H10BrN3O. The lowest BCUT2D eigenvalue weighted by Crippen LogP contribution is -1.86. The Labute approximate surface area is 122 Å². The number of nitrogens with two attached hydrogens (primary N) is 1. The summed E-state index contributed by atoms with van der Waals surface area (Å²) in [6.07, 6.45) is 0. The van der Waals surface area contributed by atoms with E-state index in [0.29, 0.717) is 17.3 Å². The van der Waals surface area contributed by atoms with Gasteiger partial charge in [0, 0.05) is 9.86 Å². The first-order valence-electron chi connectivity index (χ1n) is 6.14. The molecule has 0 aliphatic carbocycles. The molecule has 5 heteroatoms. The normalized spacial score (nSPS) is 11.4. The van der Waals surface area contributed by atoms with Crippen molar-refractivity contribution in [2.45, 2.75) is 0 Å². The number of aromatic amines is 1. The number of nitrogen functional groups attached to an aromatic ring is 1. The van der Waals surface area contributed by atoms with Crippen LogP contribution >= 0.6 is 15.9 Å². The molecule has 20 heavy (non-hydrogen) atoms. The molecule has 4 nitrogen and oxygen atoms in total. The van der Waals surface area contributed by atoms with Crippen molar-refractivity contribution in [3.05, 3.63) is 46.9 Å². The van der Waals surface area contributed by atoms with Gasteiger partial charge in [0.2, 0.25) is 0 Å². The minimum Gasteiger partial charge on any atom is -0.453 e. The number of imidazole rings is 1. The molecule has 4 rings (SSSR count). The van der Waals surface area contributed by atoms with E-state index in [1.165, 1.54) is 0 Å². The lowest BCUT2D eigenvalue weighted by atomic mass is 10.2. The van der Waals surface area contributed by atoms with E-state index in [-0.39, 0.29) is 0 Å². The van der Waals surface area contributed by atoms with E-state index >= 15 is 0 Å². The highest BCUT2D eigenvalue weighted by Gasteiger charge is 2.12. The van der Waals surface area contributed by atoms with Crippen molar-refractivity contribution in [3.8, 4) is 11.6 Å². The Morgan fingerprint density at radius 2 is 2.00 bits per heavy atom. The first kappa shape index (κ1) is 11.5. The van der Waals surface area contributed by atoms with Crippen LogP contribution in [0.4, 0.5) is 5.69 Å². The second-order valence-electron chi connectivity index (χ2n) is 4.63. The van der Waals surface area contributed by atoms with Crippen LogP contribution in [0.2, 0.25) is 0 Å². The molecule has 0 bridgehead atoms. The Morgan fingerprint density at radius 3 is 2.85 bits per heavy atom. The highest BCUT2D eigenvalue weighted by atomic mass is 79.9. The predicted octanol–water partition coefficient (Wildman–Crippen LogP) is 4.32. The number of fused-ring (bicyclic) bond motifs is 2. The topological polar surface area (TPSA) is 67.8 Å². The molecule has 0 amide bonds. The van der Waals surface area contributed by atoms with Crippen LogP contribution in [-0.4, -0.2) is 9.97 Å². The van der Waals surface area contributed by atoms with E-state index in [1.807, 2.05) is 42.5 Å². The monoisotopic (exact) mass is 327 g/mol. The number of benzene rings is 2. The molecule has 4 aromatic rings. The second-order valence-corrected chi connectivity index (χ2v) is 5.54. The fourth-order valence-corrected chi connectivity index (χ4v) is 2.80. The zero-order valence-electron chi connectivity index (χ0n) is 10.4. The van der Waals surface area contributed by atoms with Crippen LogP contribution in [0.25, 0.3) is 33.6 Å².